The molecule has 144 valence electrons. The third-order valence-electron chi connectivity index (χ3n) is 3.99. The molecular formula is C18H38O5Si. The third-order valence-corrected chi connectivity index (χ3v) is 3.99. The first-order valence-electron chi connectivity index (χ1n) is 9.64. The molecule has 0 atom stereocenters. The van der Waals surface area contributed by atoms with Crippen LogP contribution in [0.3, 0.4) is 0 Å². The van der Waals surface area contributed by atoms with Crippen molar-refractivity contribution in [1.82, 2.24) is 0 Å². The van der Waals surface area contributed by atoms with E-state index in [0.29, 0.717) is 6.42 Å². The van der Waals surface area contributed by atoms with Crippen molar-refractivity contribution >= 4 is 15.1 Å². The SMILES string of the molecule is CCCCCCCCCCCCCCCCCC(=O)O.O=[Si](O)O. The highest BCUT2D eigenvalue weighted by molar-refractivity contribution is 6.22. The second-order valence-corrected chi connectivity index (χ2v) is 6.94. The molecular weight excluding hydrogens is 324 g/mol. The van der Waals surface area contributed by atoms with Gasteiger partial charge < -0.3 is 14.7 Å². The van der Waals surface area contributed by atoms with Gasteiger partial charge in [0.15, 0.2) is 0 Å². The summed E-state index contributed by atoms with van der Waals surface area (Å²) in [5, 5.41) is 8.52. The summed E-state index contributed by atoms with van der Waals surface area (Å²) in [6.07, 6.45) is 20.2. The molecule has 0 aliphatic carbocycles. The fourth-order valence-corrected chi connectivity index (χ4v) is 2.65. The lowest BCUT2D eigenvalue weighted by Crippen LogP contribution is -1.93. The van der Waals surface area contributed by atoms with Gasteiger partial charge in [-0.05, 0) is 6.42 Å². The highest BCUT2D eigenvalue weighted by Crippen LogP contribution is 2.13. The van der Waals surface area contributed by atoms with Crippen LogP contribution in [0.4, 0.5) is 0 Å². The highest BCUT2D eigenvalue weighted by Gasteiger charge is 1.97. The molecule has 5 nitrogen and oxygen atoms in total. The minimum atomic E-state index is -3.13. The molecule has 0 aliphatic rings. The summed E-state index contributed by atoms with van der Waals surface area (Å²) < 4.78 is 8.74. The van der Waals surface area contributed by atoms with Gasteiger partial charge >= 0.3 is 15.1 Å². The number of aliphatic carboxylic acids is 1. The number of hydrogen-bond acceptors (Lipinski definition) is 2. The lowest BCUT2D eigenvalue weighted by atomic mass is 10.0. The summed E-state index contributed by atoms with van der Waals surface area (Å²) >= 11 is 0. The van der Waals surface area contributed by atoms with E-state index in [2.05, 4.69) is 6.92 Å². The average molecular weight is 363 g/mol. The van der Waals surface area contributed by atoms with Crippen molar-refractivity contribution in [3.05, 3.63) is 0 Å². The van der Waals surface area contributed by atoms with Gasteiger partial charge in [-0.1, -0.05) is 96.8 Å². The van der Waals surface area contributed by atoms with Gasteiger partial charge in [0.2, 0.25) is 0 Å². The van der Waals surface area contributed by atoms with E-state index < -0.39 is 15.1 Å². The van der Waals surface area contributed by atoms with Crippen LogP contribution < -0.4 is 0 Å². The highest BCUT2D eigenvalue weighted by atomic mass is 28.3. The Labute approximate surface area is 149 Å². The molecule has 0 rings (SSSR count). The maximum absolute atomic E-state index is 10.3. The molecule has 0 heterocycles. The summed E-state index contributed by atoms with van der Waals surface area (Å²) in [5.74, 6) is -0.653. The molecule has 24 heavy (non-hydrogen) atoms. The minimum absolute atomic E-state index is 0.345. The van der Waals surface area contributed by atoms with Gasteiger partial charge in [-0.25, -0.2) is 0 Å². The van der Waals surface area contributed by atoms with Crippen LogP contribution in [0.15, 0.2) is 0 Å². The van der Waals surface area contributed by atoms with Crippen LogP contribution in [-0.4, -0.2) is 29.8 Å². The molecule has 0 spiro atoms. The van der Waals surface area contributed by atoms with Gasteiger partial charge in [0.1, 0.15) is 0 Å². The lowest BCUT2D eigenvalue weighted by molar-refractivity contribution is -0.137. The predicted molar refractivity (Wildman–Crippen MR) is 98.1 cm³/mol. The van der Waals surface area contributed by atoms with Gasteiger partial charge in [0.25, 0.3) is 0 Å². The van der Waals surface area contributed by atoms with Gasteiger partial charge in [-0.2, -0.15) is 0 Å². The van der Waals surface area contributed by atoms with Crippen molar-refractivity contribution in [2.24, 2.45) is 0 Å². The van der Waals surface area contributed by atoms with E-state index >= 15 is 0 Å². The van der Waals surface area contributed by atoms with Crippen LogP contribution in [0, 0.1) is 0 Å². The quantitative estimate of drug-likeness (QED) is 0.273. The minimum Gasteiger partial charge on any atom is -0.511 e. The zero-order valence-electron chi connectivity index (χ0n) is 15.5. The molecule has 0 aromatic heterocycles. The molecule has 0 radical (unpaired) electrons. The van der Waals surface area contributed by atoms with Gasteiger partial charge in [0.05, 0.1) is 0 Å². The average Bonchev–Trinajstić information content (AvgIpc) is 2.50. The van der Waals surface area contributed by atoms with Crippen molar-refractivity contribution in [1.29, 1.82) is 0 Å². The first-order chi connectivity index (χ1) is 11.5. The Morgan fingerprint density at radius 1 is 0.667 bits per heavy atom. The second kappa shape index (κ2) is 22.1. The molecule has 6 heteroatoms. The Hall–Kier alpha value is -0.913. The van der Waals surface area contributed by atoms with E-state index in [4.69, 9.17) is 19.2 Å². The van der Waals surface area contributed by atoms with Crippen molar-refractivity contribution in [3.8, 4) is 0 Å². The molecule has 0 bridgehead atoms. The predicted octanol–water partition coefficient (Wildman–Crippen LogP) is 4.72. The number of carboxylic acid groups (broad SMARTS) is 1. The summed E-state index contributed by atoms with van der Waals surface area (Å²) in [6.45, 7) is 2.27. The fraction of sp³-hybridized carbons (Fsp3) is 0.944. The first kappa shape index (κ1) is 25.3. The monoisotopic (exact) mass is 362 g/mol. The van der Waals surface area contributed by atoms with Crippen LogP contribution in [0.2, 0.25) is 0 Å². The Morgan fingerprint density at radius 3 is 1.17 bits per heavy atom. The molecule has 0 aromatic rings. The summed E-state index contributed by atoms with van der Waals surface area (Å²) in [6, 6.07) is 0. The Balaban J connectivity index is 0. The zero-order valence-corrected chi connectivity index (χ0v) is 16.5. The van der Waals surface area contributed by atoms with E-state index in [1.807, 2.05) is 0 Å². The first-order valence-corrected chi connectivity index (χ1v) is 10.9. The van der Waals surface area contributed by atoms with Crippen molar-refractivity contribution in [2.75, 3.05) is 0 Å². The van der Waals surface area contributed by atoms with E-state index in [0.717, 1.165) is 12.8 Å². The molecule has 3 N–H and O–H groups in total. The Morgan fingerprint density at radius 2 is 0.917 bits per heavy atom. The van der Waals surface area contributed by atoms with Crippen molar-refractivity contribution < 1.29 is 24.0 Å². The van der Waals surface area contributed by atoms with Gasteiger partial charge in [-0.15, -0.1) is 0 Å². The number of unbranched alkanes of at least 4 members (excludes halogenated alkanes) is 14. The fourth-order valence-electron chi connectivity index (χ4n) is 2.65. The number of carbonyl (C=O) groups is 1. The van der Waals surface area contributed by atoms with E-state index in [9.17, 15) is 4.79 Å². The largest absolute Gasteiger partial charge is 0.761 e. The summed E-state index contributed by atoms with van der Waals surface area (Å²) in [4.78, 5) is 24.6. The molecule has 0 aromatic carbocycles. The summed E-state index contributed by atoms with van der Waals surface area (Å²) in [5.41, 5.74) is 0. The van der Waals surface area contributed by atoms with Crippen LogP contribution in [-0.2, 0) is 9.26 Å². The van der Waals surface area contributed by atoms with Crippen LogP contribution in [0.5, 0.6) is 0 Å². The Kier molecular flexibility index (Phi) is 23.3. The molecule has 0 unspecified atom stereocenters. The van der Waals surface area contributed by atoms with E-state index in [1.54, 1.807) is 0 Å². The Bertz CT molecular complexity index is 281. The topological polar surface area (TPSA) is 94.8 Å². The molecule has 0 saturated carbocycles. The smallest absolute Gasteiger partial charge is 0.511 e. The zero-order chi connectivity index (χ0) is 18.5. The van der Waals surface area contributed by atoms with E-state index in [1.165, 1.54) is 83.5 Å². The number of hydrogen-bond donors (Lipinski definition) is 3. The lowest BCUT2D eigenvalue weighted by Gasteiger charge is -2.03. The van der Waals surface area contributed by atoms with Crippen molar-refractivity contribution in [2.45, 2.75) is 110 Å². The van der Waals surface area contributed by atoms with Gasteiger partial charge in [0, 0.05) is 6.42 Å². The number of rotatable bonds is 16. The van der Waals surface area contributed by atoms with Crippen LogP contribution in [0.1, 0.15) is 110 Å². The molecule has 0 amide bonds. The normalized spacial score (nSPS) is 10.0. The molecule has 0 fully saturated rings. The molecule has 0 aliphatic heterocycles. The number of carboxylic acids is 1. The molecule has 0 saturated heterocycles. The third kappa shape index (κ3) is 32.9. The maximum Gasteiger partial charge on any atom is 0.761 e. The van der Waals surface area contributed by atoms with E-state index in [-0.39, 0.29) is 0 Å². The maximum atomic E-state index is 10.3. The second-order valence-electron chi connectivity index (χ2n) is 6.38. The van der Waals surface area contributed by atoms with Crippen LogP contribution in [0.25, 0.3) is 0 Å². The standard InChI is InChI=1S/C18H36O2.H2O3Si/c1-2-3-4-5-6-7-8-9-10-11-12-13-14-15-16-17-18(19)20;1-4(2)3/h2-17H2,1H3,(H,19,20);1-2H. The van der Waals surface area contributed by atoms with Crippen molar-refractivity contribution in [3.63, 3.8) is 0 Å². The van der Waals surface area contributed by atoms with Gasteiger partial charge in [-0.3, -0.25) is 9.26 Å². The van der Waals surface area contributed by atoms with Crippen LogP contribution >= 0.6 is 0 Å². The summed E-state index contributed by atoms with van der Waals surface area (Å²) in [7, 11) is -3.13.